The third kappa shape index (κ3) is 9.67. The number of carbonyl (C=O) groups excluding carboxylic acids is 2. The van der Waals surface area contributed by atoms with Crippen LogP contribution in [0.1, 0.15) is 56.4 Å². The summed E-state index contributed by atoms with van der Waals surface area (Å²) in [5.74, 6) is -0.647. The number of hydrogen-bond acceptors (Lipinski definition) is 8. The first-order chi connectivity index (χ1) is 23.8. The van der Waals surface area contributed by atoms with E-state index in [-0.39, 0.29) is 42.3 Å². The Balaban J connectivity index is 1.59. The number of sulfonamides is 1. The molecule has 3 aromatic rings. The smallest absolute Gasteiger partial charge is 0.321 e. The van der Waals surface area contributed by atoms with Crippen molar-refractivity contribution in [2.45, 2.75) is 77.1 Å². The molecule has 12 nitrogen and oxygen atoms in total. The highest BCUT2D eigenvalue weighted by molar-refractivity contribution is 7.89. The molecule has 0 unspecified atom stereocenters. The van der Waals surface area contributed by atoms with Crippen molar-refractivity contribution in [2.24, 2.45) is 17.0 Å². The average molecular weight is 707 g/mol. The van der Waals surface area contributed by atoms with Crippen LogP contribution in [-0.4, -0.2) is 100 Å². The molecule has 3 N–H and O–H groups in total. The Kier molecular flexibility index (Phi) is 13.5. The van der Waals surface area contributed by atoms with Crippen LogP contribution in [0.3, 0.4) is 0 Å². The Bertz CT molecular complexity index is 1700. The van der Waals surface area contributed by atoms with Crippen LogP contribution in [0.4, 0.5) is 4.79 Å². The van der Waals surface area contributed by atoms with Crippen molar-refractivity contribution in [3.05, 3.63) is 95.3 Å². The van der Waals surface area contributed by atoms with Crippen LogP contribution in [0.5, 0.6) is 0 Å². The molecule has 1 aliphatic heterocycles. The lowest BCUT2D eigenvalue weighted by molar-refractivity contribution is -0.128. The summed E-state index contributed by atoms with van der Waals surface area (Å²) in [5, 5.41) is 26.7. The summed E-state index contributed by atoms with van der Waals surface area (Å²) < 4.78 is 29.0. The lowest BCUT2D eigenvalue weighted by Gasteiger charge is -2.35. The summed E-state index contributed by atoms with van der Waals surface area (Å²) >= 11 is 0. The van der Waals surface area contributed by atoms with Gasteiger partial charge in [0.15, 0.2) is 0 Å². The average Bonchev–Trinajstić information content (AvgIpc) is 3.44. The van der Waals surface area contributed by atoms with Crippen LogP contribution in [0, 0.1) is 18.8 Å². The second-order valence-electron chi connectivity index (χ2n) is 13.4. The van der Waals surface area contributed by atoms with E-state index < -0.39 is 34.1 Å². The largest absolute Gasteiger partial charge is 0.411 e. The van der Waals surface area contributed by atoms with E-state index >= 15 is 0 Å². The molecule has 2 heterocycles. The second kappa shape index (κ2) is 17.6. The van der Waals surface area contributed by atoms with Crippen molar-refractivity contribution in [3.63, 3.8) is 0 Å². The SMILES string of the molecule is CC[C@H](C)[C@@H](C(=O)N[C@@H](Cc1ccccc1)[C@H](O)CN(CC(C)C)S(=O)(=O)c1ccc(C=NO)cc1)N1CCN(Cc2cnccc2C)C1=O. The molecule has 13 heteroatoms. The van der Waals surface area contributed by atoms with Gasteiger partial charge in [-0.1, -0.05) is 81.7 Å². The van der Waals surface area contributed by atoms with Gasteiger partial charge in [0.25, 0.3) is 0 Å². The number of nitrogens with one attached hydrogen (secondary N) is 1. The van der Waals surface area contributed by atoms with Gasteiger partial charge < -0.3 is 25.4 Å². The lowest BCUT2D eigenvalue weighted by Crippen LogP contribution is -2.57. The summed E-state index contributed by atoms with van der Waals surface area (Å²) in [4.78, 5) is 35.6. The number of urea groups is 1. The van der Waals surface area contributed by atoms with E-state index in [1.165, 1.54) is 34.8 Å². The van der Waals surface area contributed by atoms with Crippen LogP contribution in [0.15, 0.2) is 83.1 Å². The number of rotatable bonds is 17. The molecule has 1 fully saturated rings. The summed E-state index contributed by atoms with van der Waals surface area (Å²) in [6.45, 7) is 10.7. The van der Waals surface area contributed by atoms with Gasteiger partial charge in [-0.15, -0.1) is 0 Å². The van der Waals surface area contributed by atoms with Gasteiger partial charge in [-0.3, -0.25) is 9.78 Å². The standard InChI is InChI=1S/C37H50N6O6S/c1-6-27(4)35(43-19-18-41(37(43)46)24-31-22-38-17-16-28(31)5)36(45)40-33(20-29-10-8-7-9-11-29)34(44)25-42(23-26(2)3)50(48,49)32-14-12-30(13-15-32)21-39-47/h7-17,21-22,26-27,33-35,44,47H,6,18-20,23-25H2,1-5H3,(H,40,45)/t27-,33-,34+,35-/m0/s1. The minimum absolute atomic E-state index is 0.0273. The zero-order valence-electron chi connectivity index (χ0n) is 29.5. The molecule has 0 aliphatic carbocycles. The van der Waals surface area contributed by atoms with E-state index in [4.69, 9.17) is 5.21 Å². The minimum Gasteiger partial charge on any atom is -0.411 e. The van der Waals surface area contributed by atoms with E-state index in [2.05, 4.69) is 15.5 Å². The van der Waals surface area contributed by atoms with Gasteiger partial charge in [0.05, 0.1) is 23.3 Å². The van der Waals surface area contributed by atoms with E-state index in [0.717, 1.165) is 16.7 Å². The fraction of sp³-hybridized carbons (Fsp3) is 0.459. The van der Waals surface area contributed by atoms with Crippen molar-refractivity contribution < 1.29 is 28.3 Å². The fourth-order valence-corrected chi connectivity index (χ4v) is 7.80. The minimum atomic E-state index is -4.06. The molecule has 1 aromatic heterocycles. The molecule has 3 amide bonds. The summed E-state index contributed by atoms with van der Waals surface area (Å²) in [6, 6.07) is 15.3. The third-order valence-electron chi connectivity index (χ3n) is 9.20. The number of hydrogen-bond donors (Lipinski definition) is 3. The molecule has 0 bridgehead atoms. The topological polar surface area (TPSA) is 156 Å². The zero-order valence-corrected chi connectivity index (χ0v) is 30.3. The van der Waals surface area contributed by atoms with E-state index in [1.54, 1.807) is 22.2 Å². The van der Waals surface area contributed by atoms with Gasteiger partial charge in [0.2, 0.25) is 15.9 Å². The van der Waals surface area contributed by atoms with Crippen LogP contribution in [0.25, 0.3) is 0 Å². The predicted octanol–water partition coefficient (Wildman–Crippen LogP) is 4.29. The predicted molar refractivity (Wildman–Crippen MR) is 192 cm³/mol. The van der Waals surface area contributed by atoms with Gasteiger partial charge in [0.1, 0.15) is 6.04 Å². The number of carbonyl (C=O) groups is 2. The lowest BCUT2D eigenvalue weighted by atomic mass is 9.95. The summed E-state index contributed by atoms with van der Waals surface area (Å²) in [6.07, 6.45) is 4.26. The van der Waals surface area contributed by atoms with Gasteiger partial charge in [-0.05, 0) is 65.6 Å². The molecule has 1 aliphatic rings. The van der Waals surface area contributed by atoms with E-state index in [0.29, 0.717) is 31.6 Å². The molecule has 1 saturated heterocycles. The van der Waals surface area contributed by atoms with E-state index in [9.17, 15) is 23.1 Å². The Morgan fingerprint density at radius 3 is 2.38 bits per heavy atom. The van der Waals surface area contributed by atoms with E-state index in [1.807, 2.05) is 71.0 Å². The normalized spacial score (nSPS) is 16.3. The number of aliphatic hydroxyl groups excluding tert-OH is 1. The molecule has 0 radical (unpaired) electrons. The first-order valence-corrected chi connectivity index (χ1v) is 18.5. The molecule has 0 saturated carbocycles. The maximum Gasteiger partial charge on any atom is 0.321 e. The molecule has 4 rings (SSSR count). The third-order valence-corrected chi connectivity index (χ3v) is 11.0. The van der Waals surface area contributed by atoms with Crippen LogP contribution < -0.4 is 5.32 Å². The number of pyridine rings is 1. The Morgan fingerprint density at radius 2 is 1.76 bits per heavy atom. The monoisotopic (exact) mass is 706 g/mol. The fourth-order valence-electron chi connectivity index (χ4n) is 6.18. The number of amides is 3. The number of oxime groups is 1. The number of aromatic nitrogens is 1. The first kappa shape index (κ1) is 38.5. The van der Waals surface area contributed by atoms with Gasteiger partial charge in [-0.25, -0.2) is 13.2 Å². The van der Waals surface area contributed by atoms with Crippen molar-refractivity contribution >= 4 is 28.2 Å². The maximum absolute atomic E-state index is 14.3. The van der Waals surface area contributed by atoms with Crippen LogP contribution >= 0.6 is 0 Å². The second-order valence-corrected chi connectivity index (χ2v) is 15.4. The Morgan fingerprint density at radius 1 is 1.06 bits per heavy atom. The Labute approximate surface area is 295 Å². The van der Waals surface area contributed by atoms with Gasteiger partial charge in [0, 0.05) is 45.1 Å². The maximum atomic E-state index is 14.3. The van der Waals surface area contributed by atoms with Crippen molar-refractivity contribution in [1.29, 1.82) is 0 Å². The van der Waals surface area contributed by atoms with Crippen molar-refractivity contribution in [1.82, 2.24) is 24.4 Å². The highest BCUT2D eigenvalue weighted by Crippen LogP contribution is 2.24. The van der Waals surface area contributed by atoms with Gasteiger partial charge in [-0.2, -0.15) is 4.31 Å². The van der Waals surface area contributed by atoms with Gasteiger partial charge >= 0.3 is 6.03 Å². The quantitative estimate of drug-likeness (QED) is 0.108. The zero-order chi connectivity index (χ0) is 36.4. The highest BCUT2D eigenvalue weighted by Gasteiger charge is 2.41. The van der Waals surface area contributed by atoms with Crippen molar-refractivity contribution in [2.75, 3.05) is 26.2 Å². The molecule has 2 aromatic carbocycles. The first-order valence-electron chi connectivity index (χ1n) is 17.1. The molecule has 50 heavy (non-hydrogen) atoms. The van der Waals surface area contributed by atoms with Crippen LogP contribution in [0.2, 0.25) is 0 Å². The Hall–Kier alpha value is -4.33. The highest BCUT2D eigenvalue weighted by atomic mass is 32.2. The number of aliphatic hydroxyl groups is 1. The molecule has 270 valence electrons. The number of aryl methyl sites for hydroxylation is 1. The summed E-state index contributed by atoms with van der Waals surface area (Å²) in [5.41, 5.74) is 3.35. The molecular formula is C37H50N6O6S. The molecule has 0 spiro atoms. The van der Waals surface area contributed by atoms with Crippen LogP contribution in [-0.2, 0) is 27.8 Å². The van der Waals surface area contributed by atoms with Crippen molar-refractivity contribution in [3.8, 4) is 0 Å². The molecular weight excluding hydrogens is 657 g/mol. The summed E-state index contributed by atoms with van der Waals surface area (Å²) in [7, 11) is -4.06. The number of benzene rings is 2. The molecule has 4 atom stereocenters. The number of nitrogens with zero attached hydrogens (tertiary/aromatic N) is 5.